The number of benzene rings is 2. The van der Waals surface area contributed by atoms with Crippen molar-refractivity contribution in [1.82, 2.24) is 4.31 Å². The molecular weight excluding hydrogens is 443 g/mol. The van der Waals surface area contributed by atoms with Crippen molar-refractivity contribution in [2.45, 2.75) is 55.7 Å². The maximum Gasteiger partial charge on any atom is 0.221 e. The molecule has 2 fully saturated rings. The molecule has 2 N–H and O–H groups in total. The summed E-state index contributed by atoms with van der Waals surface area (Å²) < 4.78 is 48.7. The lowest BCUT2D eigenvalue weighted by atomic mass is 9.71. The van der Waals surface area contributed by atoms with E-state index in [-0.39, 0.29) is 24.3 Å². The van der Waals surface area contributed by atoms with Gasteiger partial charge in [-0.15, -0.1) is 0 Å². The third kappa shape index (κ3) is 5.13. The Bertz CT molecular complexity index is 1080. The number of nitrogens with two attached hydrogens (primary N) is 1. The van der Waals surface area contributed by atoms with Crippen LogP contribution < -0.4 is 5.73 Å². The van der Waals surface area contributed by atoms with Gasteiger partial charge in [-0.25, -0.2) is 12.8 Å². The van der Waals surface area contributed by atoms with Crippen LogP contribution in [-0.2, 0) is 31.5 Å². The van der Waals surface area contributed by atoms with E-state index in [0.29, 0.717) is 51.0 Å². The molecule has 0 bridgehead atoms. The van der Waals surface area contributed by atoms with E-state index in [4.69, 9.17) is 10.5 Å². The summed E-state index contributed by atoms with van der Waals surface area (Å²) in [6.45, 7) is 1.49. The lowest BCUT2D eigenvalue weighted by Crippen LogP contribution is -2.39. The van der Waals surface area contributed by atoms with Crippen LogP contribution in [0.15, 0.2) is 48.5 Å². The molecule has 8 heteroatoms. The first-order chi connectivity index (χ1) is 15.8. The van der Waals surface area contributed by atoms with Gasteiger partial charge in [-0.05, 0) is 49.3 Å². The maximum absolute atomic E-state index is 15.3. The highest BCUT2D eigenvalue weighted by molar-refractivity contribution is 7.89. The van der Waals surface area contributed by atoms with Gasteiger partial charge in [0.15, 0.2) is 0 Å². The van der Waals surface area contributed by atoms with Gasteiger partial charge in [-0.1, -0.05) is 42.5 Å². The maximum atomic E-state index is 15.3. The summed E-state index contributed by atoms with van der Waals surface area (Å²) in [5.74, 6) is -0.796. The molecule has 2 heterocycles. The van der Waals surface area contributed by atoms with Crippen LogP contribution in [0, 0.1) is 5.82 Å². The molecule has 2 saturated heterocycles. The molecule has 178 valence electrons. The molecule has 0 aliphatic carbocycles. The van der Waals surface area contributed by atoms with Gasteiger partial charge in [-0.2, -0.15) is 4.31 Å². The average molecular weight is 475 g/mol. The Morgan fingerprint density at radius 3 is 2.55 bits per heavy atom. The molecular formula is C25H31FN2O4S. The van der Waals surface area contributed by atoms with Crippen LogP contribution in [0.4, 0.5) is 4.39 Å². The fourth-order valence-corrected chi connectivity index (χ4v) is 7.12. The van der Waals surface area contributed by atoms with E-state index in [1.807, 2.05) is 36.4 Å². The molecule has 0 unspecified atom stereocenters. The number of halogens is 1. The summed E-state index contributed by atoms with van der Waals surface area (Å²) in [5.41, 5.74) is 6.96. The molecule has 1 amide bonds. The first kappa shape index (κ1) is 23.9. The minimum absolute atomic E-state index is 0.00910. The number of sulfonamides is 1. The van der Waals surface area contributed by atoms with Gasteiger partial charge in [0.05, 0.1) is 0 Å². The van der Waals surface area contributed by atoms with Crippen molar-refractivity contribution in [2.75, 3.05) is 19.8 Å². The van der Waals surface area contributed by atoms with Crippen molar-refractivity contribution in [2.24, 2.45) is 5.73 Å². The Balaban J connectivity index is 1.56. The van der Waals surface area contributed by atoms with Crippen LogP contribution in [0.3, 0.4) is 0 Å². The third-order valence-electron chi connectivity index (χ3n) is 7.08. The van der Waals surface area contributed by atoms with Gasteiger partial charge in [-0.3, -0.25) is 4.79 Å². The third-order valence-corrected chi connectivity index (χ3v) is 9.34. The Kier molecular flexibility index (Phi) is 7.16. The molecule has 0 aromatic heterocycles. The SMILES string of the molecule is NC(=O)CCC1(c2ccc(CN3CCC[C@H](c4ccccc4)S3(=O)=O)c(F)c2)CCOCC1. The first-order valence-electron chi connectivity index (χ1n) is 11.5. The standard InChI is InChI=1S/C25H31FN2O4S/c26-22-17-21(25(11-10-24(27)29)12-15-32-16-13-25)9-8-20(22)18-28-14-4-7-23(33(28,30)31)19-5-2-1-3-6-19/h1-3,5-6,8-9,17,23H,4,7,10-16,18H2,(H2,27,29)/t23-/m1/s1. The van der Waals surface area contributed by atoms with Crippen LogP contribution in [0.5, 0.6) is 0 Å². The molecule has 2 aliphatic rings. The monoisotopic (exact) mass is 474 g/mol. The number of ether oxygens (including phenoxy) is 1. The van der Waals surface area contributed by atoms with E-state index < -0.39 is 21.1 Å². The quantitative estimate of drug-likeness (QED) is 0.661. The lowest BCUT2D eigenvalue weighted by molar-refractivity contribution is -0.118. The van der Waals surface area contributed by atoms with Gasteiger partial charge in [0, 0.05) is 43.7 Å². The molecule has 2 aliphatic heterocycles. The summed E-state index contributed by atoms with van der Waals surface area (Å²) >= 11 is 0. The van der Waals surface area contributed by atoms with Gasteiger partial charge in [0.1, 0.15) is 11.1 Å². The smallest absolute Gasteiger partial charge is 0.221 e. The zero-order chi connectivity index (χ0) is 23.5. The Morgan fingerprint density at radius 2 is 1.88 bits per heavy atom. The molecule has 4 rings (SSSR count). The topological polar surface area (TPSA) is 89.7 Å². The number of hydrogen-bond acceptors (Lipinski definition) is 4. The predicted molar refractivity (Wildman–Crippen MR) is 124 cm³/mol. The number of rotatable bonds is 7. The molecule has 2 aromatic carbocycles. The minimum Gasteiger partial charge on any atom is -0.381 e. The summed E-state index contributed by atoms with van der Waals surface area (Å²) in [7, 11) is -3.59. The van der Waals surface area contributed by atoms with Crippen molar-refractivity contribution in [1.29, 1.82) is 0 Å². The molecule has 1 atom stereocenters. The summed E-state index contributed by atoms with van der Waals surface area (Å²) in [5, 5.41) is -0.603. The second-order valence-corrected chi connectivity index (χ2v) is 11.2. The molecule has 6 nitrogen and oxygen atoms in total. The van der Waals surface area contributed by atoms with E-state index in [1.54, 1.807) is 6.07 Å². The lowest BCUT2D eigenvalue weighted by Gasteiger charge is -2.38. The normalized spacial score (nSPS) is 22.6. The van der Waals surface area contributed by atoms with Crippen molar-refractivity contribution in [3.05, 3.63) is 71.0 Å². The van der Waals surface area contributed by atoms with E-state index in [9.17, 15) is 13.2 Å². The van der Waals surface area contributed by atoms with Gasteiger partial charge < -0.3 is 10.5 Å². The van der Waals surface area contributed by atoms with E-state index >= 15 is 4.39 Å². The number of amides is 1. The molecule has 0 saturated carbocycles. The average Bonchev–Trinajstić information content (AvgIpc) is 2.81. The van der Waals surface area contributed by atoms with Crippen LogP contribution >= 0.6 is 0 Å². The number of carbonyl (C=O) groups is 1. The van der Waals surface area contributed by atoms with E-state index in [1.165, 1.54) is 10.4 Å². The Morgan fingerprint density at radius 1 is 1.15 bits per heavy atom. The zero-order valence-electron chi connectivity index (χ0n) is 18.7. The highest BCUT2D eigenvalue weighted by atomic mass is 32.2. The zero-order valence-corrected chi connectivity index (χ0v) is 19.5. The predicted octanol–water partition coefficient (Wildman–Crippen LogP) is 3.81. The molecule has 0 spiro atoms. The molecule has 0 radical (unpaired) electrons. The van der Waals surface area contributed by atoms with Crippen molar-refractivity contribution in [3.8, 4) is 0 Å². The Labute approximate surface area is 195 Å². The minimum atomic E-state index is -3.59. The second kappa shape index (κ2) is 9.91. The van der Waals surface area contributed by atoms with Gasteiger partial charge in [0.25, 0.3) is 0 Å². The van der Waals surface area contributed by atoms with Crippen LogP contribution in [0.1, 0.15) is 60.5 Å². The van der Waals surface area contributed by atoms with Crippen LogP contribution in [0.2, 0.25) is 0 Å². The fraction of sp³-hybridized carbons (Fsp3) is 0.480. The molecule has 33 heavy (non-hydrogen) atoms. The number of carbonyl (C=O) groups excluding carboxylic acids is 1. The number of hydrogen-bond donors (Lipinski definition) is 1. The molecule has 2 aromatic rings. The van der Waals surface area contributed by atoms with Crippen LogP contribution in [-0.4, -0.2) is 38.4 Å². The second-order valence-electron chi connectivity index (χ2n) is 9.09. The first-order valence-corrected chi connectivity index (χ1v) is 13.0. The fourth-order valence-electron chi connectivity index (χ4n) is 5.09. The Hall–Kier alpha value is -2.29. The van der Waals surface area contributed by atoms with Gasteiger partial charge >= 0.3 is 0 Å². The van der Waals surface area contributed by atoms with Crippen LogP contribution in [0.25, 0.3) is 0 Å². The largest absolute Gasteiger partial charge is 0.381 e. The van der Waals surface area contributed by atoms with E-state index in [0.717, 1.165) is 17.5 Å². The van der Waals surface area contributed by atoms with Crippen molar-refractivity contribution in [3.63, 3.8) is 0 Å². The van der Waals surface area contributed by atoms with E-state index in [2.05, 4.69) is 0 Å². The van der Waals surface area contributed by atoms with Gasteiger partial charge in [0.2, 0.25) is 15.9 Å². The summed E-state index contributed by atoms with van der Waals surface area (Å²) in [6, 6.07) is 14.3. The highest BCUT2D eigenvalue weighted by Gasteiger charge is 2.38. The van der Waals surface area contributed by atoms with Crippen molar-refractivity contribution >= 4 is 15.9 Å². The summed E-state index contributed by atoms with van der Waals surface area (Å²) in [6.07, 6.45) is 3.46. The number of primary amides is 1. The summed E-state index contributed by atoms with van der Waals surface area (Å²) in [4.78, 5) is 11.4. The highest BCUT2D eigenvalue weighted by Crippen LogP contribution is 2.40. The number of nitrogens with zero attached hydrogens (tertiary/aromatic N) is 1. The van der Waals surface area contributed by atoms with Crippen molar-refractivity contribution < 1.29 is 22.3 Å².